The summed E-state index contributed by atoms with van der Waals surface area (Å²) in [6.45, 7) is 1.72. The molecule has 0 radical (unpaired) electrons. The van der Waals surface area contributed by atoms with E-state index >= 15 is 0 Å². The molecule has 6 heteroatoms. The van der Waals surface area contributed by atoms with E-state index < -0.39 is 5.97 Å². The first kappa shape index (κ1) is 14.1. The third-order valence-corrected chi connectivity index (χ3v) is 3.85. The van der Waals surface area contributed by atoms with Gasteiger partial charge in [0.2, 0.25) is 0 Å². The zero-order chi connectivity index (χ0) is 14.8. The summed E-state index contributed by atoms with van der Waals surface area (Å²) in [6.07, 6.45) is 2.41. The van der Waals surface area contributed by atoms with Crippen molar-refractivity contribution >= 4 is 17.6 Å². The lowest BCUT2D eigenvalue weighted by atomic mass is 10.0. The van der Waals surface area contributed by atoms with Crippen molar-refractivity contribution < 1.29 is 14.6 Å². The molecule has 1 N–H and O–H groups in total. The Morgan fingerprint density at radius 3 is 2.81 bits per heavy atom. The van der Waals surface area contributed by atoms with E-state index in [1.165, 1.54) is 0 Å². The summed E-state index contributed by atoms with van der Waals surface area (Å²) in [6, 6.07) is 7.43. The van der Waals surface area contributed by atoms with Crippen molar-refractivity contribution in [2.75, 3.05) is 13.2 Å². The maximum absolute atomic E-state index is 11.4. The van der Waals surface area contributed by atoms with Crippen molar-refractivity contribution in [2.45, 2.75) is 18.9 Å². The van der Waals surface area contributed by atoms with Gasteiger partial charge in [0.1, 0.15) is 5.56 Å². The molecule has 1 aliphatic rings. The van der Waals surface area contributed by atoms with E-state index in [1.54, 1.807) is 10.9 Å². The molecule has 2 aromatic rings. The Hall–Kier alpha value is -1.85. The Labute approximate surface area is 127 Å². The Morgan fingerprint density at radius 1 is 1.43 bits per heavy atom. The lowest BCUT2D eigenvalue weighted by molar-refractivity contribution is 0.0695. The van der Waals surface area contributed by atoms with Crippen LogP contribution >= 0.6 is 11.6 Å². The van der Waals surface area contributed by atoms with E-state index in [0.717, 1.165) is 12.0 Å². The summed E-state index contributed by atoms with van der Waals surface area (Å²) in [5.41, 5.74) is 1.90. The van der Waals surface area contributed by atoms with Gasteiger partial charge in [0.15, 0.2) is 0 Å². The third kappa shape index (κ3) is 3.09. The first-order valence-corrected chi connectivity index (χ1v) is 7.14. The molecule has 1 aromatic carbocycles. The first-order chi connectivity index (χ1) is 10.1. The highest BCUT2D eigenvalue weighted by Gasteiger charge is 2.26. The van der Waals surface area contributed by atoms with E-state index in [9.17, 15) is 9.90 Å². The van der Waals surface area contributed by atoms with E-state index in [2.05, 4.69) is 5.10 Å². The Kier molecular flexibility index (Phi) is 3.94. The van der Waals surface area contributed by atoms with E-state index in [-0.39, 0.29) is 11.5 Å². The van der Waals surface area contributed by atoms with Crippen LogP contribution in [-0.2, 0) is 11.3 Å². The van der Waals surface area contributed by atoms with E-state index in [4.69, 9.17) is 16.3 Å². The molecule has 3 rings (SSSR count). The number of aromatic nitrogens is 2. The normalized spacial score (nSPS) is 18.0. The summed E-state index contributed by atoms with van der Waals surface area (Å²) in [5.74, 6) is -0.873. The minimum absolute atomic E-state index is 0.0718. The second-order valence-electron chi connectivity index (χ2n) is 5.12. The lowest BCUT2D eigenvalue weighted by Gasteiger charge is -2.05. The number of rotatable bonds is 4. The summed E-state index contributed by atoms with van der Waals surface area (Å²) in [4.78, 5) is 11.4. The van der Waals surface area contributed by atoms with Crippen molar-refractivity contribution in [3.05, 3.63) is 52.3 Å². The van der Waals surface area contributed by atoms with Crippen molar-refractivity contribution in [2.24, 2.45) is 0 Å². The molecule has 0 saturated carbocycles. The maximum atomic E-state index is 11.4. The zero-order valence-electron chi connectivity index (χ0n) is 11.3. The molecular weight excluding hydrogens is 292 g/mol. The SMILES string of the molecule is O=C(O)c1cn(Cc2ccc(Cl)cc2)nc1C1CCOC1. The molecule has 1 atom stereocenters. The average Bonchev–Trinajstić information content (AvgIpc) is 3.10. The van der Waals surface area contributed by atoms with Crippen LogP contribution in [0.1, 0.15) is 34.0 Å². The predicted octanol–water partition coefficient (Wildman–Crippen LogP) is 2.79. The van der Waals surface area contributed by atoms with Gasteiger partial charge < -0.3 is 9.84 Å². The van der Waals surface area contributed by atoms with Gasteiger partial charge in [-0.05, 0) is 24.1 Å². The van der Waals surface area contributed by atoms with Crippen LogP contribution in [-0.4, -0.2) is 34.1 Å². The van der Waals surface area contributed by atoms with Gasteiger partial charge in [-0.25, -0.2) is 4.79 Å². The number of ether oxygens (including phenoxy) is 1. The van der Waals surface area contributed by atoms with Crippen LogP contribution < -0.4 is 0 Å². The van der Waals surface area contributed by atoms with E-state index in [1.807, 2.05) is 24.3 Å². The molecule has 5 nitrogen and oxygen atoms in total. The number of hydrogen-bond donors (Lipinski definition) is 1. The minimum Gasteiger partial charge on any atom is -0.478 e. The highest BCUT2D eigenvalue weighted by molar-refractivity contribution is 6.30. The van der Waals surface area contributed by atoms with Crippen LogP contribution in [0.25, 0.3) is 0 Å². The molecule has 1 unspecified atom stereocenters. The van der Waals surface area contributed by atoms with Crippen molar-refractivity contribution in [1.29, 1.82) is 0 Å². The monoisotopic (exact) mass is 306 g/mol. The fraction of sp³-hybridized carbons (Fsp3) is 0.333. The molecule has 0 aliphatic carbocycles. The topological polar surface area (TPSA) is 64.3 Å². The number of aromatic carboxylic acids is 1. The standard InChI is InChI=1S/C15H15ClN2O3/c16-12-3-1-10(2-4-12)7-18-8-13(15(19)20)14(17-18)11-5-6-21-9-11/h1-4,8,11H,5-7,9H2,(H,19,20). The smallest absolute Gasteiger partial charge is 0.339 e. The maximum Gasteiger partial charge on any atom is 0.339 e. The summed E-state index contributed by atoms with van der Waals surface area (Å²) in [7, 11) is 0. The number of halogens is 1. The largest absolute Gasteiger partial charge is 0.478 e. The van der Waals surface area contributed by atoms with Gasteiger partial charge in [-0.2, -0.15) is 5.10 Å². The van der Waals surface area contributed by atoms with Gasteiger partial charge in [0.25, 0.3) is 0 Å². The van der Waals surface area contributed by atoms with Crippen LogP contribution in [0.15, 0.2) is 30.5 Å². The van der Waals surface area contributed by atoms with Crippen LogP contribution in [0.3, 0.4) is 0 Å². The second-order valence-corrected chi connectivity index (χ2v) is 5.55. The number of carbonyl (C=O) groups is 1. The fourth-order valence-corrected chi connectivity index (χ4v) is 2.64. The second kappa shape index (κ2) is 5.87. The summed E-state index contributed by atoms with van der Waals surface area (Å²) < 4.78 is 7.00. The van der Waals surface area contributed by atoms with Gasteiger partial charge in [-0.15, -0.1) is 0 Å². The Balaban J connectivity index is 1.87. The van der Waals surface area contributed by atoms with Crippen LogP contribution in [0.2, 0.25) is 5.02 Å². The molecule has 0 spiro atoms. The van der Waals surface area contributed by atoms with Crippen LogP contribution in [0.5, 0.6) is 0 Å². The Bertz CT molecular complexity index is 645. The summed E-state index contributed by atoms with van der Waals surface area (Å²) >= 11 is 5.86. The number of nitrogens with zero attached hydrogens (tertiary/aromatic N) is 2. The van der Waals surface area contributed by atoms with Crippen molar-refractivity contribution in [3.63, 3.8) is 0 Å². The molecule has 110 valence electrons. The highest BCUT2D eigenvalue weighted by atomic mass is 35.5. The third-order valence-electron chi connectivity index (χ3n) is 3.59. The molecule has 2 heterocycles. The molecule has 1 aliphatic heterocycles. The number of carboxylic acids is 1. The number of benzene rings is 1. The van der Waals surface area contributed by atoms with Gasteiger partial charge in [0.05, 0.1) is 18.8 Å². The highest BCUT2D eigenvalue weighted by Crippen LogP contribution is 2.27. The molecule has 0 amide bonds. The zero-order valence-corrected chi connectivity index (χ0v) is 12.1. The van der Waals surface area contributed by atoms with Gasteiger partial charge in [-0.1, -0.05) is 23.7 Å². The van der Waals surface area contributed by atoms with Gasteiger partial charge >= 0.3 is 5.97 Å². The summed E-state index contributed by atoms with van der Waals surface area (Å²) in [5, 5.41) is 14.5. The van der Waals surface area contributed by atoms with Crippen LogP contribution in [0.4, 0.5) is 0 Å². The minimum atomic E-state index is -0.945. The van der Waals surface area contributed by atoms with Gasteiger partial charge in [-0.3, -0.25) is 4.68 Å². The van der Waals surface area contributed by atoms with E-state index in [0.29, 0.717) is 30.5 Å². The molecule has 1 aromatic heterocycles. The van der Waals surface area contributed by atoms with Crippen molar-refractivity contribution in [3.8, 4) is 0 Å². The molecule has 0 bridgehead atoms. The first-order valence-electron chi connectivity index (χ1n) is 6.76. The average molecular weight is 307 g/mol. The molecule has 21 heavy (non-hydrogen) atoms. The molecular formula is C15H15ClN2O3. The fourth-order valence-electron chi connectivity index (χ4n) is 2.51. The number of hydrogen-bond acceptors (Lipinski definition) is 3. The quantitative estimate of drug-likeness (QED) is 0.943. The number of carboxylic acid groups (broad SMARTS) is 1. The Morgan fingerprint density at radius 2 is 2.19 bits per heavy atom. The molecule has 1 saturated heterocycles. The molecule has 1 fully saturated rings. The van der Waals surface area contributed by atoms with Crippen LogP contribution in [0, 0.1) is 0 Å². The lowest BCUT2D eigenvalue weighted by Crippen LogP contribution is -2.06. The van der Waals surface area contributed by atoms with Crippen molar-refractivity contribution in [1.82, 2.24) is 9.78 Å². The van der Waals surface area contributed by atoms with Gasteiger partial charge in [0, 0.05) is 23.7 Å². The predicted molar refractivity (Wildman–Crippen MR) is 77.9 cm³/mol.